The van der Waals surface area contributed by atoms with Crippen LogP contribution in [0.2, 0.25) is 0 Å². The minimum absolute atomic E-state index is 0.314. The van der Waals surface area contributed by atoms with Gasteiger partial charge in [-0.1, -0.05) is 30.3 Å². The highest BCUT2D eigenvalue weighted by Crippen LogP contribution is 2.26. The van der Waals surface area contributed by atoms with Gasteiger partial charge in [0.1, 0.15) is 12.1 Å². The molecule has 2 aromatic carbocycles. The van der Waals surface area contributed by atoms with Crippen LogP contribution in [0.4, 0.5) is 17.1 Å². The molecule has 0 aliphatic carbocycles. The molecule has 3 aromatic rings. The average molecular weight is 375 g/mol. The molecule has 1 N–H and O–H groups in total. The third kappa shape index (κ3) is 4.56. The third-order valence-electron chi connectivity index (χ3n) is 4.13. The summed E-state index contributed by atoms with van der Waals surface area (Å²) in [5, 5.41) is 15.4. The van der Waals surface area contributed by atoms with Gasteiger partial charge in [-0.05, 0) is 50.6 Å². The number of azo groups is 1. The van der Waals surface area contributed by atoms with Crippen LogP contribution in [-0.2, 0) is 4.79 Å². The van der Waals surface area contributed by atoms with E-state index in [1.165, 1.54) is 4.68 Å². The Morgan fingerprint density at radius 2 is 1.75 bits per heavy atom. The second-order valence-corrected chi connectivity index (χ2v) is 6.45. The smallest absolute Gasteiger partial charge is 0.256 e. The van der Waals surface area contributed by atoms with E-state index in [2.05, 4.69) is 20.6 Å². The normalized spacial score (nSPS) is 11.0. The Kier molecular flexibility index (Phi) is 5.74. The molecule has 0 aliphatic heterocycles. The molecule has 0 bridgehead atoms. The number of aryl methyl sites for hydroxylation is 2. The molecular formula is C21H21N5O2. The van der Waals surface area contributed by atoms with Crippen LogP contribution in [0.3, 0.4) is 0 Å². The van der Waals surface area contributed by atoms with Crippen LogP contribution in [0.1, 0.15) is 28.2 Å². The molecule has 0 atom stereocenters. The van der Waals surface area contributed by atoms with E-state index >= 15 is 0 Å². The Balaban J connectivity index is 1.73. The van der Waals surface area contributed by atoms with Gasteiger partial charge >= 0.3 is 0 Å². The summed E-state index contributed by atoms with van der Waals surface area (Å²) in [6, 6.07) is 16.6. The number of benzene rings is 2. The Labute approximate surface area is 163 Å². The van der Waals surface area contributed by atoms with Gasteiger partial charge in [-0.3, -0.25) is 9.59 Å². The van der Waals surface area contributed by atoms with Gasteiger partial charge < -0.3 is 5.32 Å². The van der Waals surface area contributed by atoms with Crippen LogP contribution >= 0.6 is 0 Å². The first-order valence-corrected chi connectivity index (χ1v) is 8.87. The molecule has 0 unspecified atom stereocenters. The largest absolute Gasteiger partial charge is 0.326 e. The predicted molar refractivity (Wildman–Crippen MR) is 107 cm³/mol. The van der Waals surface area contributed by atoms with Crippen molar-refractivity contribution in [3.63, 3.8) is 0 Å². The molecule has 0 saturated heterocycles. The van der Waals surface area contributed by atoms with Crippen LogP contribution in [-0.4, -0.2) is 21.6 Å². The number of hydrogen-bond donors (Lipinski definition) is 1. The highest BCUT2D eigenvalue weighted by atomic mass is 16.2. The van der Waals surface area contributed by atoms with Crippen molar-refractivity contribution < 1.29 is 9.59 Å². The van der Waals surface area contributed by atoms with Gasteiger partial charge in [0.05, 0.1) is 17.1 Å². The van der Waals surface area contributed by atoms with Crippen molar-refractivity contribution in [1.29, 1.82) is 0 Å². The molecule has 0 saturated carbocycles. The standard InChI is InChI=1S/C21H21N5O2/c1-14-8-7-11-18(12-14)23-24-21-15(2)25-26(16(21)3)20(28)13-19(27)22-17-9-5-4-6-10-17/h4-12H,13H2,1-3H3,(H,22,27). The molecule has 0 radical (unpaired) electrons. The van der Waals surface area contributed by atoms with E-state index < -0.39 is 11.8 Å². The minimum Gasteiger partial charge on any atom is -0.326 e. The number of aromatic nitrogens is 2. The summed E-state index contributed by atoms with van der Waals surface area (Å²) < 4.78 is 1.21. The number of para-hydroxylation sites is 1. The minimum atomic E-state index is -0.425. The number of carbonyl (C=O) groups excluding carboxylic acids is 2. The van der Waals surface area contributed by atoms with Crippen molar-refractivity contribution in [2.75, 3.05) is 5.32 Å². The van der Waals surface area contributed by atoms with Crippen LogP contribution in [0.5, 0.6) is 0 Å². The number of anilines is 1. The van der Waals surface area contributed by atoms with E-state index in [-0.39, 0.29) is 6.42 Å². The predicted octanol–water partition coefficient (Wildman–Crippen LogP) is 4.89. The number of hydrogen-bond acceptors (Lipinski definition) is 5. The van der Waals surface area contributed by atoms with E-state index in [1.807, 2.05) is 49.4 Å². The maximum absolute atomic E-state index is 12.5. The molecule has 142 valence electrons. The maximum Gasteiger partial charge on any atom is 0.256 e. The van der Waals surface area contributed by atoms with Gasteiger partial charge in [-0.15, -0.1) is 5.11 Å². The molecule has 1 heterocycles. The van der Waals surface area contributed by atoms with Gasteiger partial charge in [0.15, 0.2) is 0 Å². The van der Waals surface area contributed by atoms with E-state index in [1.54, 1.807) is 26.0 Å². The fourth-order valence-electron chi connectivity index (χ4n) is 2.76. The van der Waals surface area contributed by atoms with Crippen LogP contribution in [0, 0.1) is 20.8 Å². The second kappa shape index (κ2) is 8.39. The zero-order chi connectivity index (χ0) is 20.1. The average Bonchev–Trinajstić information content (AvgIpc) is 2.95. The van der Waals surface area contributed by atoms with Gasteiger partial charge in [-0.25, -0.2) is 4.68 Å². The van der Waals surface area contributed by atoms with Crippen molar-refractivity contribution in [1.82, 2.24) is 9.78 Å². The highest BCUT2D eigenvalue weighted by Gasteiger charge is 2.19. The first kappa shape index (κ1) is 19.2. The molecule has 0 spiro atoms. The van der Waals surface area contributed by atoms with Crippen molar-refractivity contribution in [3.05, 3.63) is 71.5 Å². The lowest BCUT2D eigenvalue weighted by Crippen LogP contribution is -2.22. The monoisotopic (exact) mass is 375 g/mol. The molecular weight excluding hydrogens is 354 g/mol. The van der Waals surface area contributed by atoms with Crippen molar-refractivity contribution in [3.8, 4) is 0 Å². The topological polar surface area (TPSA) is 88.7 Å². The van der Waals surface area contributed by atoms with Gasteiger partial charge in [-0.2, -0.15) is 10.2 Å². The maximum atomic E-state index is 12.5. The number of nitrogens with zero attached hydrogens (tertiary/aromatic N) is 4. The summed E-state index contributed by atoms with van der Waals surface area (Å²) >= 11 is 0. The number of rotatable bonds is 5. The van der Waals surface area contributed by atoms with Crippen molar-refractivity contribution >= 4 is 28.9 Å². The molecule has 1 amide bonds. The van der Waals surface area contributed by atoms with E-state index in [0.717, 1.165) is 11.3 Å². The first-order chi connectivity index (χ1) is 13.4. The van der Waals surface area contributed by atoms with Crippen LogP contribution in [0.25, 0.3) is 0 Å². The number of amides is 1. The Morgan fingerprint density at radius 3 is 2.46 bits per heavy atom. The lowest BCUT2D eigenvalue weighted by Gasteiger charge is -2.05. The zero-order valence-electron chi connectivity index (χ0n) is 16.0. The van der Waals surface area contributed by atoms with E-state index in [0.29, 0.717) is 22.8 Å². The third-order valence-corrected chi connectivity index (χ3v) is 4.13. The van der Waals surface area contributed by atoms with Crippen LogP contribution < -0.4 is 5.32 Å². The van der Waals surface area contributed by atoms with E-state index in [9.17, 15) is 9.59 Å². The first-order valence-electron chi connectivity index (χ1n) is 8.87. The van der Waals surface area contributed by atoms with Gasteiger partial charge in [0.25, 0.3) is 5.91 Å². The van der Waals surface area contributed by atoms with E-state index in [4.69, 9.17) is 0 Å². The lowest BCUT2D eigenvalue weighted by atomic mass is 10.2. The van der Waals surface area contributed by atoms with Crippen LogP contribution in [0.15, 0.2) is 64.8 Å². The quantitative estimate of drug-likeness (QED) is 0.508. The number of carbonyl (C=O) groups is 2. The summed E-state index contributed by atoms with van der Waals surface area (Å²) in [5.74, 6) is -0.822. The molecule has 7 heteroatoms. The highest BCUT2D eigenvalue weighted by molar-refractivity contribution is 6.04. The summed E-state index contributed by atoms with van der Waals surface area (Å²) in [5.41, 5.74) is 4.09. The van der Waals surface area contributed by atoms with Crippen molar-refractivity contribution in [2.24, 2.45) is 10.2 Å². The Hall–Kier alpha value is -3.61. The molecule has 1 aromatic heterocycles. The van der Waals surface area contributed by atoms with Gasteiger partial charge in [0, 0.05) is 5.69 Å². The fraction of sp³-hybridized carbons (Fsp3) is 0.190. The van der Waals surface area contributed by atoms with Gasteiger partial charge in [0.2, 0.25) is 5.91 Å². The summed E-state index contributed by atoms with van der Waals surface area (Å²) in [6.07, 6.45) is -0.314. The lowest BCUT2D eigenvalue weighted by molar-refractivity contribution is -0.115. The summed E-state index contributed by atoms with van der Waals surface area (Å²) in [6.45, 7) is 5.47. The summed E-state index contributed by atoms with van der Waals surface area (Å²) in [4.78, 5) is 24.6. The molecule has 0 aliphatic rings. The summed E-state index contributed by atoms with van der Waals surface area (Å²) in [7, 11) is 0. The van der Waals surface area contributed by atoms with Crippen molar-refractivity contribution in [2.45, 2.75) is 27.2 Å². The fourth-order valence-corrected chi connectivity index (χ4v) is 2.76. The Morgan fingerprint density at radius 1 is 1.00 bits per heavy atom. The SMILES string of the molecule is Cc1cccc(N=Nc2c(C)nn(C(=O)CC(=O)Nc3ccccc3)c2C)c1. The molecule has 7 nitrogen and oxygen atoms in total. The zero-order valence-corrected chi connectivity index (χ0v) is 16.0. The number of nitrogens with one attached hydrogen (secondary N) is 1. The molecule has 28 heavy (non-hydrogen) atoms. The molecule has 3 rings (SSSR count). The second-order valence-electron chi connectivity index (χ2n) is 6.45. The Bertz CT molecular complexity index is 1040. The molecule has 0 fully saturated rings.